The van der Waals surface area contributed by atoms with E-state index >= 15 is 0 Å². The lowest BCUT2D eigenvalue weighted by Crippen LogP contribution is -2.08. The number of thiazole rings is 1. The standard InChI is InChI=1S/C20H17N5O2S/c1-2-17(26)22-15-8-6-12(7-9-15)16-11-28-19(23-16)14-5-3-4-13(10-14)18-24-25-20(21)27-18/h3-11H,2H2,1H3,(H2,21,25)(H,22,26). The van der Waals surface area contributed by atoms with Crippen molar-refractivity contribution in [2.45, 2.75) is 13.3 Å². The first-order chi connectivity index (χ1) is 13.6. The zero-order valence-electron chi connectivity index (χ0n) is 15.0. The van der Waals surface area contributed by atoms with Crippen molar-refractivity contribution in [1.29, 1.82) is 0 Å². The number of nitrogens with zero attached hydrogens (tertiary/aromatic N) is 3. The molecule has 2 aromatic carbocycles. The van der Waals surface area contributed by atoms with Crippen LogP contribution < -0.4 is 11.1 Å². The summed E-state index contributed by atoms with van der Waals surface area (Å²) in [5, 5.41) is 13.3. The zero-order valence-corrected chi connectivity index (χ0v) is 15.9. The molecule has 2 aromatic heterocycles. The summed E-state index contributed by atoms with van der Waals surface area (Å²) in [4.78, 5) is 16.2. The molecule has 0 radical (unpaired) electrons. The van der Waals surface area contributed by atoms with Gasteiger partial charge in [-0.15, -0.1) is 16.4 Å². The highest BCUT2D eigenvalue weighted by molar-refractivity contribution is 7.13. The molecule has 0 unspecified atom stereocenters. The van der Waals surface area contributed by atoms with E-state index in [9.17, 15) is 4.79 Å². The second-order valence-corrected chi connectivity index (χ2v) is 6.90. The summed E-state index contributed by atoms with van der Waals surface area (Å²) in [5.41, 5.74) is 9.88. The van der Waals surface area contributed by atoms with Crippen molar-refractivity contribution in [2.24, 2.45) is 0 Å². The molecule has 8 heteroatoms. The van der Waals surface area contributed by atoms with E-state index in [0.717, 1.165) is 33.1 Å². The lowest BCUT2D eigenvalue weighted by Gasteiger charge is -2.04. The smallest absolute Gasteiger partial charge is 0.313 e. The first-order valence-corrected chi connectivity index (χ1v) is 9.56. The minimum Gasteiger partial charge on any atom is -0.404 e. The Morgan fingerprint density at radius 3 is 2.61 bits per heavy atom. The SMILES string of the molecule is CCC(=O)Nc1ccc(-c2csc(-c3cccc(-c4nnc(N)o4)c3)n2)cc1. The summed E-state index contributed by atoms with van der Waals surface area (Å²) in [6.07, 6.45) is 0.451. The third-order valence-electron chi connectivity index (χ3n) is 4.09. The number of anilines is 2. The molecule has 140 valence electrons. The first kappa shape index (κ1) is 17.9. The van der Waals surface area contributed by atoms with Gasteiger partial charge in [-0.2, -0.15) is 0 Å². The Morgan fingerprint density at radius 2 is 1.89 bits per heavy atom. The maximum atomic E-state index is 11.5. The van der Waals surface area contributed by atoms with Crippen molar-refractivity contribution >= 4 is 28.9 Å². The molecule has 0 aliphatic rings. The van der Waals surface area contributed by atoms with Gasteiger partial charge in [-0.25, -0.2) is 4.98 Å². The Morgan fingerprint density at radius 1 is 1.11 bits per heavy atom. The average molecular weight is 391 g/mol. The molecule has 4 aromatic rings. The van der Waals surface area contributed by atoms with Gasteiger partial charge in [0.2, 0.25) is 11.8 Å². The summed E-state index contributed by atoms with van der Waals surface area (Å²) in [6.45, 7) is 1.82. The highest BCUT2D eigenvalue weighted by Gasteiger charge is 2.11. The van der Waals surface area contributed by atoms with Crippen LogP contribution in [0.15, 0.2) is 58.3 Å². The van der Waals surface area contributed by atoms with Gasteiger partial charge in [0.15, 0.2) is 0 Å². The molecule has 4 rings (SSSR count). The van der Waals surface area contributed by atoms with E-state index in [1.807, 2.05) is 60.8 Å². The summed E-state index contributed by atoms with van der Waals surface area (Å²) >= 11 is 1.55. The number of amides is 1. The number of carbonyl (C=O) groups excluding carboxylic acids is 1. The largest absolute Gasteiger partial charge is 0.404 e. The van der Waals surface area contributed by atoms with Crippen molar-refractivity contribution in [2.75, 3.05) is 11.1 Å². The third-order valence-corrected chi connectivity index (χ3v) is 4.98. The third kappa shape index (κ3) is 3.77. The molecule has 0 saturated heterocycles. The lowest BCUT2D eigenvalue weighted by molar-refractivity contribution is -0.115. The van der Waals surface area contributed by atoms with E-state index in [1.54, 1.807) is 11.3 Å². The second kappa shape index (κ2) is 7.61. The zero-order chi connectivity index (χ0) is 19.5. The van der Waals surface area contributed by atoms with E-state index in [0.29, 0.717) is 12.3 Å². The van der Waals surface area contributed by atoms with Crippen LogP contribution >= 0.6 is 11.3 Å². The van der Waals surface area contributed by atoms with Crippen LogP contribution in [0, 0.1) is 0 Å². The summed E-state index contributed by atoms with van der Waals surface area (Å²) in [5.74, 6) is 0.368. The second-order valence-electron chi connectivity index (χ2n) is 6.04. The molecule has 1 amide bonds. The number of rotatable bonds is 5. The van der Waals surface area contributed by atoms with E-state index < -0.39 is 0 Å². The first-order valence-electron chi connectivity index (χ1n) is 8.68. The van der Waals surface area contributed by atoms with Crippen molar-refractivity contribution in [3.05, 3.63) is 53.9 Å². The van der Waals surface area contributed by atoms with Crippen LogP contribution in [0.1, 0.15) is 13.3 Å². The van der Waals surface area contributed by atoms with Crippen LogP contribution in [-0.2, 0) is 4.79 Å². The van der Waals surface area contributed by atoms with Gasteiger partial charge in [0, 0.05) is 34.2 Å². The fourth-order valence-corrected chi connectivity index (χ4v) is 3.48. The van der Waals surface area contributed by atoms with Crippen LogP contribution in [0.25, 0.3) is 33.3 Å². The van der Waals surface area contributed by atoms with E-state index in [1.165, 1.54) is 0 Å². The molecule has 0 saturated carbocycles. The number of aromatic nitrogens is 3. The summed E-state index contributed by atoms with van der Waals surface area (Å²) < 4.78 is 5.29. The van der Waals surface area contributed by atoms with Crippen molar-refractivity contribution in [3.63, 3.8) is 0 Å². The molecule has 0 atom stereocenters. The van der Waals surface area contributed by atoms with Gasteiger partial charge in [0.25, 0.3) is 0 Å². The monoisotopic (exact) mass is 391 g/mol. The van der Waals surface area contributed by atoms with Gasteiger partial charge < -0.3 is 15.5 Å². The van der Waals surface area contributed by atoms with Crippen LogP contribution in [0.3, 0.4) is 0 Å². The van der Waals surface area contributed by atoms with E-state index in [2.05, 4.69) is 15.5 Å². The molecule has 3 N–H and O–H groups in total. The van der Waals surface area contributed by atoms with Gasteiger partial charge in [0.1, 0.15) is 5.01 Å². The molecule has 0 spiro atoms. The maximum absolute atomic E-state index is 11.5. The van der Waals surface area contributed by atoms with Gasteiger partial charge in [-0.3, -0.25) is 4.79 Å². The molecular weight excluding hydrogens is 374 g/mol. The number of nitrogens with two attached hydrogens (primary N) is 1. The van der Waals surface area contributed by atoms with Crippen molar-refractivity contribution < 1.29 is 9.21 Å². The van der Waals surface area contributed by atoms with Crippen LogP contribution in [0.2, 0.25) is 0 Å². The quantitative estimate of drug-likeness (QED) is 0.520. The summed E-state index contributed by atoms with van der Waals surface area (Å²) in [7, 11) is 0. The Hall–Kier alpha value is -3.52. The van der Waals surface area contributed by atoms with E-state index in [4.69, 9.17) is 15.1 Å². The van der Waals surface area contributed by atoms with Crippen LogP contribution in [0.5, 0.6) is 0 Å². The number of nitrogens with one attached hydrogen (secondary N) is 1. The predicted molar refractivity (Wildman–Crippen MR) is 110 cm³/mol. The van der Waals surface area contributed by atoms with Crippen LogP contribution in [-0.4, -0.2) is 21.1 Å². The topological polar surface area (TPSA) is 107 Å². The van der Waals surface area contributed by atoms with Gasteiger partial charge in [-0.05, 0) is 24.3 Å². The highest BCUT2D eigenvalue weighted by Crippen LogP contribution is 2.31. The minimum absolute atomic E-state index is 0.00780. The molecule has 0 bridgehead atoms. The number of benzene rings is 2. The maximum Gasteiger partial charge on any atom is 0.313 e. The number of nitrogen functional groups attached to an aromatic ring is 1. The Balaban J connectivity index is 1.57. The predicted octanol–water partition coefficient (Wildman–Crippen LogP) is 4.46. The molecule has 7 nitrogen and oxygen atoms in total. The molecule has 0 aliphatic carbocycles. The molecular formula is C20H17N5O2S. The number of hydrogen-bond acceptors (Lipinski definition) is 7. The molecule has 2 heterocycles. The highest BCUT2D eigenvalue weighted by atomic mass is 32.1. The normalized spacial score (nSPS) is 10.8. The summed E-state index contributed by atoms with van der Waals surface area (Å²) in [6, 6.07) is 15.4. The molecule has 28 heavy (non-hydrogen) atoms. The van der Waals surface area contributed by atoms with Gasteiger partial charge in [-0.1, -0.05) is 36.3 Å². The fourth-order valence-electron chi connectivity index (χ4n) is 2.65. The average Bonchev–Trinajstić information content (AvgIpc) is 3.38. The van der Waals surface area contributed by atoms with Gasteiger partial charge >= 0.3 is 6.01 Å². The van der Waals surface area contributed by atoms with Crippen molar-refractivity contribution in [1.82, 2.24) is 15.2 Å². The van der Waals surface area contributed by atoms with Crippen molar-refractivity contribution in [3.8, 4) is 33.3 Å². The number of carbonyl (C=O) groups is 1. The Labute approximate surface area is 165 Å². The van der Waals surface area contributed by atoms with Gasteiger partial charge in [0.05, 0.1) is 5.69 Å². The Kier molecular flexibility index (Phi) is 4.86. The fraction of sp³-hybridized carbons (Fsp3) is 0.100. The number of hydrogen-bond donors (Lipinski definition) is 2. The Bertz CT molecular complexity index is 1120. The van der Waals surface area contributed by atoms with E-state index in [-0.39, 0.29) is 11.9 Å². The molecule has 0 fully saturated rings. The lowest BCUT2D eigenvalue weighted by atomic mass is 10.1. The van der Waals surface area contributed by atoms with Crippen LogP contribution in [0.4, 0.5) is 11.7 Å². The molecule has 0 aliphatic heterocycles. The minimum atomic E-state index is -0.00780.